The smallest absolute Gasteiger partial charge is 0.269 e. The zero-order valence-corrected chi connectivity index (χ0v) is 14.5. The van der Waals surface area contributed by atoms with E-state index >= 15 is 0 Å². The topological polar surface area (TPSA) is 118 Å². The maximum absolute atomic E-state index is 12.8. The van der Waals surface area contributed by atoms with Crippen molar-refractivity contribution in [1.82, 2.24) is 20.3 Å². The molecule has 0 spiro atoms. The van der Waals surface area contributed by atoms with Crippen LogP contribution in [-0.2, 0) is 11.2 Å². The van der Waals surface area contributed by atoms with E-state index in [1.165, 1.54) is 0 Å². The number of nitrogens with one attached hydrogen (secondary N) is 1. The molecule has 1 atom stereocenters. The molecule has 0 radical (unpaired) electrons. The number of nitrogens with two attached hydrogens (primary N) is 1. The van der Waals surface area contributed by atoms with Crippen LogP contribution in [0.1, 0.15) is 64.9 Å². The minimum absolute atomic E-state index is 0.0833. The highest BCUT2D eigenvalue weighted by Gasteiger charge is 2.29. The van der Waals surface area contributed by atoms with Gasteiger partial charge in [0.2, 0.25) is 5.91 Å². The molecule has 0 aromatic carbocycles. The standard InChI is InChI=1S/C17H23N5O3/c1-10-12(11(2)25-21-10)6-7-16(23)22-8-4-3-5-15(22)13-9-14(17(18)24)20-19-13/h9,15H,3-8H2,1-2H3,(H2,18,24)(H,19,20). The number of carbonyl (C=O) groups excluding carboxylic acids is 2. The second-order valence-corrected chi connectivity index (χ2v) is 6.47. The molecule has 0 bridgehead atoms. The summed E-state index contributed by atoms with van der Waals surface area (Å²) < 4.78 is 5.16. The monoisotopic (exact) mass is 345 g/mol. The number of aryl methyl sites for hydroxylation is 2. The lowest BCUT2D eigenvalue weighted by Gasteiger charge is -2.35. The molecule has 8 heteroatoms. The van der Waals surface area contributed by atoms with E-state index in [1.54, 1.807) is 6.07 Å². The molecule has 1 aliphatic heterocycles. The minimum atomic E-state index is -0.574. The fourth-order valence-corrected chi connectivity index (χ4v) is 3.42. The molecule has 0 saturated carbocycles. The highest BCUT2D eigenvalue weighted by Crippen LogP contribution is 2.31. The van der Waals surface area contributed by atoms with E-state index in [9.17, 15) is 9.59 Å². The summed E-state index contributed by atoms with van der Waals surface area (Å²) in [5.41, 5.74) is 8.06. The first kappa shape index (κ1) is 17.2. The van der Waals surface area contributed by atoms with Gasteiger partial charge in [0, 0.05) is 18.5 Å². The minimum Gasteiger partial charge on any atom is -0.364 e. The summed E-state index contributed by atoms with van der Waals surface area (Å²) in [5, 5.41) is 10.7. The number of aromatic amines is 1. The van der Waals surface area contributed by atoms with Gasteiger partial charge in [-0.2, -0.15) is 5.10 Å². The Morgan fingerprint density at radius 2 is 2.20 bits per heavy atom. The Hall–Kier alpha value is -2.64. The van der Waals surface area contributed by atoms with Gasteiger partial charge in [-0.3, -0.25) is 14.7 Å². The summed E-state index contributed by atoms with van der Waals surface area (Å²) in [5.74, 6) is 0.273. The SMILES string of the molecule is Cc1noc(C)c1CCC(=O)N1CCCCC1c1cc(C(N)=O)n[nH]1. The molecule has 25 heavy (non-hydrogen) atoms. The lowest BCUT2D eigenvalue weighted by Crippen LogP contribution is -2.38. The molecule has 3 rings (SSSR count). The second kappa shape index (κ2) is 7.08. The van der Waals surface area contributed by atoms with Gasteiger partial charge in [0.05, 0.1) is 17.4 Å². The lowest BCUT2D eigenvalue weighted by molar-refractivity contribution is -0.135. The molecule has 3 heterocycles. The zero-order chi connectivity index (χ0) is 18.0. The van der Waals surface area contributed by atoms with E-state index in [4.69, 9.17) is 10.3 Å². The summed E-state index contributed by atoms with van der Waals surface area (Å²) in [6.45, 7) is 4.45. The maximum Gasteiger partial charge on any atom is 0.269 e. The molecule has 1 aliphatic rings. The Bertz CT molecular complexity index is 760. The average Bonchev–Trinajstić information content (AvgIpc) is 3.21. The van der Waals surface area contributed by atoms with Gasteiger partial charge in [-0.05, 0) is 45.6 Å². The van der Waals surface area contributed by atoms with Crippen molar-refractivity contribution in [3.05, 3.63) is 34.5 Å². The van der Waals surface area contributed by atoms with Crippen LogP contribution in [0, 0.1) is 13.8 Å². The van der Waals surface area contributed by atoms with E-state index in [1.807, 2.05) is 18.7 Å². The van der Waals surface area contributed by atoms with Gasteiger partial charge in [-0.25, -0.2) is 0 Å². The number of likely N-dealkylation sites (tertiary alicyclic amines) is 1. The third kappa shape index (κ3) is 3.57. The van der Waals surface area contributed by atoms with Crippen molar-refractivity contribution in [1.29, 1.82) is 0 Å². The normalized spacial score (nSPS) is 17.7. The van der Waals surface area contributed by atoms with E-state index in [-0.39, 0.29) is 17.6 Å². The summed E-state index contributed by atoms with van der Waals surface area (Å²) in [4.78, 5) is 25.9. The van der Waals surface area contributed by atoms with Crippen molar-refractivity contribution in [2.75, 3.05) is 6.54 Å². The summed E-state index contributed by atoms with van der Waals surface area (Å²) in [6.07, 6.45) is 3.86. The van der Waals surface area contributed by atoms with Gasteiger partial charge < -0.3 is 15.2 Å². The molecular formula is C17H23N5O3. The van der Waals surface area contributed by atoms with Gasteiger partial charge in [-0.15, -0.1) is 0 Å². The number of primary amides is 1. The van der Waals surface area contributed by atoms with Crippen LogP contribution in [0.4, 0.5) is 0 Å². The third-order valence-corrected chi connectivity index (χ3v) is 4.80. The van der Waals surface area contributed by atoms with Crippen LogP contribution in [0.3, 0.4) is 0 Å². The van der Waals surface area contributed by atoms with Crippen LogP contribution in [0.2, 0.25) is 0 Å². The predicted molar refractivity (Wildman–Crippen MR) is 89.7 cm³/mol. The Labute approximate surface area is 145 Å². The van der Waals surface area contributed by atoms with Gasteiger partial charge in [0.15, 0.2) is 0 Å². The first-order valence-electron chi connectivity index (χ1n) is 8.53. The van der Waals surface area contributed by atoms with Crippen LogP contribution in [0.25, 0.3) is 0 Å². The fourth-order valence-electron chi connectivity index (χ4n) is 3.42. The Kier molecular flexibility index (Phi) is 4.87. The molecule has 2 aromatic heterocycles. The fraction of sp³-hybridized carbons (Fsp3) is 0.529. The van der Waals surface area contributed by atoms with Crippen molar-refractivity contribution in [2.45, 2.75) is 52.0 Å². The van der Waals surface area contributed by atoms with E-state index in [2.05, 4.69) is 15.4 Å². The number of aromatic nitrogens is 3. The number of piperidine rings is 1. The van der Waals surface area contributed by atoms with Crippen LogP contribution < -0.4 is 5.73 Å². The van der Waals surface area contributed by atoms with Gasteiger partial charge in [0.1, 0.15) is 11.5 Å². The largest absolute Gasteiger partial charge is 0.364 e. The molecule has 2 amide bonds. The van der Waals surface area contributed by atoms with Crippen molar-refractivity contribution in [3.63, 3.8) is 0 Å². The Balaban J connectivity index is 1.71. The summed E-state index contributed by atoms with van der Waals surface area (Å²) in [6, 6.07) is 1.55. The number of carbonyl (C=O) groups is 2. The molecule has 1 saturated heterocycles. The second-order valence-electron chi connectivity index (χ2n) is 6.47. The van der Waals surface area contributed by atoms with Crippen molar-refractivity contribution in [3.8, 4) is 0 Å². The van der Waals surface area contributed by atoms with E-state index in [0.29, 0.717) is 19.4 Å². The summed E-state index contributed by atoms with van der Waals surface area (Å²) >= 11 is 0. The highest BCUT2D eigenvalue weighted by atomic mass is 16.5. The van der Waals surface area contributed by atoms with Crippen LogP contribution in [0.15, 0.2) is 10.6 Å². The van der Waals surface area contributed by atoms with Gasteiger partial charge in [0.25, 0.3) is 5.91 Å². The van der Waals surface area contributed by atoms with Gasteiger partial charge >= 0.3 is 0 Å². The zero-order valence-electron chi connectivity index (χ0n) is 14.5. The number of rotatable bonds is 5. The number of nitrogens with zero attached hydrogens (tertiary/aromatic N) is 3. The highest BCUT2D eigenvalue weighted by molar-refractivity contribution is 5.90. The van der Waals surface area contributed by atoms with Gasteiger partial charge in [-0.1, -0.05) is 5.16 Å². The number of hydrogen-bond acceptors (Lipinski definition) is 5. The third-order valence-electron chi connectivity index (χ3n) is 4.80. The molecule has 1 fully saturated rings. The number of H-pyrrole nitrogens is 1. The molecule has 2 aromatic rings. The number of amides is 2. The Morgan fingerprint density at radius 1 is 1.40 bits per heavy atom. The molecule has 1 unspecified atom stereocenters. The van der Waals surface area contributed by atoms with Crippen molar-refractivity contribution in [2.24, 2.45) is 5.73 Å². The molecule has 0 aliphatic carbocycles. The van der Waals surface area contributed by atoms with Crippen molar-refractivity contribution >= 4 is 11.8 Å². The molecule has 3 N–H and O–H groups in total. The van der Waals surface area contributed by atoms with E-state index < -0.39 is 5.91 Å². The first-order chi connectivity index (χ1) is 12.0. The molecule has 134 valence electrons. The quantitative estimate of drug-likeness (QED) is 0.856. The predicted octanol–water partition coefficient (Wildman–Crippen LogP) is 1.80. The lowest BCUT2D eigenvalue weighted by atomic mass is 9.98. The average molecular weight is 345 g/mol. The van der Waals surface area contributed by atoms with Crippen LogP contribution in [-0.4, -0.2) is 38.6 Å². The molecule has 8 nitrogen and oxygen atoms in total. The first-order valence-corrected chi connectivity index (χ1v) is 8.53. The Morgan fingerprint density at radius 3 is 2.84 bits per heavy atom. The van der Waals surface area contributed by atoms with Crippen LogP contribution in [0.5, 0.6) is 0 Å². The number of hydrogen-bond donors (Lipinski definition) is 2. The molecular weight excluding hydrogens is 322 g/mol. The summed E-state index contributed by atoms with van der Waals surface area (Å²) in [7, 11) is 0. The van der Waals surface area contributed by atoms with Crippen molar-refractivity contribution < 1.29 is 14.1 Å². The van der Waals surface area contributed by atoms with Crippen LogP contribution >= 0.6 is 0 Å². The maximum atomic E-state index is 12.8. The van der Waals surface area contributed by atoms with E-state index in [0.717, 1.165) is 42.0 Å².